The summed E-state index contributed by atoms with van der Waals surface area (Å²) in [6, 6.07) is 10.7. The van der Waals surface area contributed by atoms with Gasteiger partial charge in [-0.25, -0.2) is 14.2 Å². The molecule has 0 bridgehead atoms. The lowest BCUT2D eigenvalue weighted by Gasteiger charge is -2.22. The zero-order valence-corrected chi connectivity index (χ0v) is 16.1. The second kappa shape index (κ2) is 7.00. The zero-order chi connectivity index (χ0) is 20.0. The molecule has 6 nitrogen and oxygen atoms in total. The number of likely N-dealkylation sites (N-methyl/N-ethyl adjacent to an activating group) is 1. The Morgan fingerprint density at radius 3 is 2.83 bits per heavy atom. The number of fused-ring (bicyclic) bond motifs is 2. The lowest BCUT2D eigenvalue weighted by Crippen LogP contribution is -2.28. The quantitative estimate of drug-likeness (QED) is 0.490. The van der Waals surface area contributed by atoms with Crippen LogP contribution in [0.3, 0.4) is 0 Å². The molecule has 0 amide bonds. The lowest BCUT2D eigenvalue weighted by atomic mass is 10.1. The maximum Gasteiger partial charge on any atom is 0.345 e. The van der Waals surface area contributed by atoms with Crippen LogP contribution in [0.2, 0.25) is 0 Å². The number of nitrogens with zero attached hydrogens (tertiary/aromatic N) is 4. The predicted molar refractivity (Wildman–Crippen MR) is 111 cm³/mol. The van der Waals surface area contributed by atoms with E-state index in [9.17, 15) is 9.18 Å². The molecule has 148 valence electrons. The molecule has 4 heterocycles. The van der Waals surface area contributed by atoms with E-state index in [1.807, 2.05) is 12.1 Å². The lowest BCUT2D eigenvalue weighted by molar-refractivity contribution is 0.360. The zero-order valence-electron chi connectivity index (χ0n) is 16.1. The van der Waals surface area contributed by atoms with Gasteiger partial charge < -0.3 is 18.6 Å². The highest BCUT2D eigenvalue weighted by Gasteiger charge is 2.15. The van der Waals surface area contributed by atoms with Crippen LogP contribution >= 0.6 is 0 Å². The van der Waals surface area contributed by atoms with Crippen molar-refractivity contribution in [1.29, 1.82) is 0 Å². The molecule has 29 heavy (non-hydrogen) atoms. The average Bonchev–Trinajstić information content (AvgIpc) is 2.99. The van der Waals surface area contributed by atoms with E-state index in [1.54, 1.807) is 22.7 Å². The number of hydrogen-bond donors (Lipinski definition) is 0. The Kier molecular flexibility index (Phi) is 4.32. The Bertz CT molecular complexity index is 1260. The number of rotatable bonds is 2. The van der Waals surface area contributed by atoms with Gasteiger partial charge in [-0.2, -0.15) is 0 Å². The molecule has 4 aromatic rings. The van der Waals surface area contributed by atoms with Gasteiger partial charge in [0.2, 0.25) is 0 Å². The van der Waals surface area contributed by atoms with Crippen LogP contribution in [0.5, 0.6) is 0 Å². The van der Waals surface area contributed by atoms with Crippen molar-refractivity contribution >= 4 is 22.3 Å². The van der Waals surface area contributed by atoms with Crippen LogP contribution < -0.4 is 10.5 Å². The molecule has 1 fully saturated rings. The van der Waals surface area contributed by atoms with E-state index in [-0.39, 0.29) is 5.82 Å². The van der Waals surface area contributed by atoms with E-state index in [0.717, 1.165) is 43.7 Å². The molecule has 1 aliphatic heterocycles. The van der Waals surface area contributed by atoms with Crippen molar-refractivity contribution in [3.63, 3.8) is 0 Å². The van der Waals surface area contributed by atoms with Crippen LogP contribution in [0.25, 0.3) is 27.9 Å². The van der Waals surface area contributed by atoms with Gasteiger partial charge in [-0.3, -0.25) is 0 Å². The minimum absolute atomic E-state index is 0.362. The van der Waals surface area contributed by atoms with E-state index < -0.39 is 5.63 Å². The summed E-state index contributed by atoms with van der Waals surface area (Å²) >= 11 is 0. The maximum absolute atomic E-state index is 13.4. The highest BCUT2D eigenvalue weighted by molar-refractivity contribution is 5.84. The third-order valence-corrected chi connectivity index (χ3v) is 5.50. The second-order valence-corrected chi connectivity index (χ2v) is 7.55. The van der Waals surface area contributed by atoms with Gasteiger partial charge in [0.25, 0.3) is 0 Å². The van der Waals surface area contributed by atoms with Crippen molar-refractivity contribution in [2.24, 2.45) is 0 Å². The van der Waals surface area contributed by atoms with Crippen molar-refractivity contribution < 1.29 is 8.81 Å². The molecular formula is C22H21FN4O2. The van der Waals surface area contributed by atoms with E-state index in [0.29, 0.717) is 22.5 Å². The first kappa shape index (κ1) is 17.9. The van der Waals surface area contributed by atoms with Gasteiger partial charge in [0.05, 0.1) is 11.3 Å². The van der Waals surface area contributed by atoms with Crippen LogP contribution in [0, 0.1) is 5.82 Å². The Morgan fingerprint density at radius 1 is 1.03 bits per heavy atom. The Balaban J connectivity index is 1.53. The molecule has 0 spiro atoms. The van der Waals surface area contributed by atoms with Crippen molar-refractivity contribution in [1.82, 2.24) is 14.3 Å². The fraction of sp³-hybridized carbons (Fsp3) is 0.273. The first-order chi connectivity index (χ1) is 14.1. The summed E-state index contributed by atoms with van der Waals surface area (Å²) in [6.45, 7) is 4.03. The van der Waals surface area contributed by atoms with E-state index in [4.69, 9.17) is 4.42 Å². The summed E-state index contributed by atoms with van der Waals surface area (Å²) in [5.74, 6) is -0.362. The maximum atomic E-state index is 13.4. The van der Waals surface area contributed by atoms with Crippen LogP contribution in [0.15, 0.2) is 58.0 Å². The number of pyridine rings is 1. The first-order valence-electron chi connectivity index (χ1n) is 9.73. The fourth-order valence-electron chi connectivity index (χ4n) is 3.87. The predicted octanol–water partition coefficient (Wildman–Crippen LogP) is 3.39. The van der Waals surface area contributed by atoms with E-state index in [2.05, 4.69) is 27.9 Å². The molecule has 1 aromatic carbocycles. The number of halogens is 1. The Morgan fingerprint density at radius 2 is 1.93 bits per heavy atom. The third kappa shape index (κ3) is 3.38. The van der Waals surface area contributed by atoms with Crippen molar-refractivity contribution in [2.75, 3.05) is 38.1 Å². The molecule has 0 aliphatic carbocycles. The SMILES string of the molecule is CN1CCCN(c2ccc3cc(-c4cn5cc(F)ccc5n4)c(=O)oc3c2)CC1. The first-order valence-corrected chi connectivity index (χ1v) is 9.73. The summed E-state index contributed by atoms with van der Waals surface area (Å²) in [6.07, 6.45) is 4.07. The summed E-state index contributed by atoms with van der Waals surface area (Å²) in [5, 5.41) is 0.832. The van der Waals surface area contributed by atoms with E-state index >= 15 is 0 Å². The number of aromatic nitrogens is 2. The number of hydrogen-bond acceptors (Lipinski definition) is 5. The number of benzene rings is 1. The monoisotopic (exact) mass is 392 g/mol. The molecule has 0 N–H and O–H groups in total. The summed E-state index contributed by atoms with van der Waals surface area (Å²) < 4.78 is 20.6. The molecule has 0 radical (unpaired) electrons. The molecule has 0 atom stereocenters. The van der Waals surface area contributed by atoms with Gasteiger partial charge in [-0.1, -0.05) is 0 Å². The summed E-state index contributed by atoms with van der Waals surface area (Å²) in [7, 11) is 2.14. The van der Waals surface area contributed by atoms with Gasteiger partial charge >= 0.3 is 5.63 Å². The molecule has 1 aliphatic rings. The minimum Gasteiger partial charge on any atom is -0.422 e. The van der Waals surface area contributed by atoms with Crippen LogP contribution in [-0.2, 0) is 0 Å². The van der Waals surface area contributed by atoms with Gasteiger partial charge in [0, 0.05) is 49.2 Å². The Hall–Kier alpha value is -3.19. The summed E-state index contributed by atoms with van der Waals surface area (Å²) in [5.41, 5.74) is 2.57. The summed E-state index contributed by atoms with van der Waals surface area (Å²) in [4.78, 5) is 21.7. The molecule has 0 saturated carbocycles. The highest BCUT2D eigenvalue weighted by Crippen LogP contribution is 2.26. The normalized spacial score (nSPS) is 15.9. The highest BCUT2D eigenvalue weighted by atomic mass is 19.1. The minimum atomic E-state index is -0.450. The third-order valence-electron chi connectivity index (χ3n) is 5.50. The van der Waals surface area contributed by atoms with Gasteiger partial charge in [0.15, 0.2) is 0 Å². The van der Waals surface area contributed by atoms with Crippen molar-refractivity contribution in [3.8, 4) is 11.3 Å². The Labute approximate surface area is 166 Å². The van der Waals surface area contributed by atoms with Crippen LogP contribution in [-0.4, -0.2) is 47.5 Å². The molecule has 3 aromatic heterocycles. The number of anilines is 1. The standard InChI is InChI=1S/C22H21FN4O2/c1-25-7-2-8-26(10-9-25)17-5-3-15-11-18(22(28)29-20(15)12-17)19-14-27-13-16(23)4-6-21(27)24-19/h3-6,11-14H,2,7-10H2,1H3. The van der Waals surface area contributed by atoms with Gasteiger partial charge in [-0.05, 0) is 50.3 Å². The van der Waals surface area contributed by atoms with Gasteiger partial charge in [0.1, 0.15) is 17.0 Å². The average molecular weight is 392 g/mol. The molecular weight excluding hydrogens is 371 g/mol. The molecule has 0 unspecified atom stereocenters. The topological polar surface area (TPSA) is 54.0 Å². The van der Waals surface area contributed by atoms with Crippen LogP contribution in [0.1, 0.15) is 6.42 Å². The smallest absolute Gasteiger partial charge is 0.345 e. The number of imidazole rings is 1. The van der Waals surface area contributed by atoms with Crippen LogP contribution in [0.4, 0.5) is 10.1 Å². The van der Waals surface area contributed by atoms with Crippen molar-refractivity contribution in [3.05, 3.63) is 65.0 Å². The molecule has 7 heteroatoms. The van der Waals surface area contributed by atoms with Gasteiger partial charge in [-0.15, -0.1) is 0 Å². The second-order valence-electron chi connectivity index (χ2n) is 7.55. The molecule has 5 rings (SSSR count). The molecule has 1 saturated heterocycles. The largest absolute Gasteiger partial charge is 0.422 e. The van der Waals surface area contributed by atoms with Crippen molar-refractivity contribution in [2.45, 2.75) is 6.42 Å². The fourth-order valence-corrected chi connectivity index (χ4v) is 3.87. The van der Waals surface area contributed by atoms with E-state index in [1.165, 1.54) is 12.3 Å².